The van der Waals surface area contributed by atoms with Gasteiger partial charge in [-0.25, -0.2) is 0 Å². The maximum atomic E-state index is 2.40. The van der Waals surface area contributed by atoms with Crippen molar-refractivity contribution < 1.29 is 0 Å². The standard InChI is InChI=1S/C10H20.2C8H16.C6H14.2C2H6/c1-9-6-4-3-5-7-10(2)8-9;2*1-2-4-6-8-7-5-3-1;1-5-6(2,3)4;2*1-2/h9-10H,3-8H2,1-2H3;2*1-8H2;5H2,1-4H3;2*1-2H3. The lowest BCUT2D eigenvalue weighted by atomic mass is 9.86. The topological polar surface area (TPSA) is 0 Å². The fraction of sp³-hybridized carbons (Fsp3) is 1.00. The summed E-state index contributed by atoms with van der Waals surface area (Å²) in [5.41, 5.74) is 0.542. The highest BCUT2D eigenvalue weighted by Gasteiger charge is 2.11. The van der Waals surface area contributed by atoms with Crippen LogP contribution in [0.1, 0.15) is 217 Å². The van der Waals surface area contributed by atoms with Gasteiger partial charge in [-0.05, 0) is 23.7 Å². The molecule has 0 nitrogen and oxygen atoms in total. The minimum Gasteiger partial charge on any atom is -0.0683 e. The van der Waals surface area contributed by atoms with E-state index in [-0.39, 0.29) is 0 Å². The molecule has 222 valence electrons. The molecule has 0 radical (unpaired) electrons. The van der Waals surface area contributed by atoms with Crippen LogP contribution in [-0.4, -0.2) is 0 Å². The van der Waals surface area contributed by atoms with E-state index < -0.39 is 0 Å². The molecular weight excluding hydrogens is 432 g/mol. The van der Waals surface area contributed by atoms with Crippen molar-refractivity contribution in [2.24, 2.45) is 17.3 Å². The first-order valence-electron chi connectivity index (χ1n) is 17.3. The van der Waals surface area contributed by atoms with E-state index in [2.05, 4.69) is 41.5 Å². The largest absolute Gasteiger partial charge is 0.0683 e. The van der Waals surface area contributed by atoms with E-state index in [4.69, 9.17) is 0 Å². The molecule has 0 aliphatic heterocycles. The molecule has 0 saturated heterocycles. The summed E-state index contributed by atoms with van der Waals surface area (Å²) >= 11 is 0. The lowest BCUT2D eigenvalue weighted by Crippen LogP contribution is -2.06. The van der Waals surface area contributed by atoms with Gasteiger partial charge in [-0.2, -0.15) is 0 Å². The lowest BCUT2D eigenvalue weighted by molar-refractivity contribution is 0.329. The third-order valence-electron chi connectivity index (χ3n) is 7.76. The van der Waals surface area contributed by atoms with Crippen LogP contribution >= 0.6 is 0 Å². The first-order chi connectivity index (χ1) is 17.3. The molecule has 36 heavy (non-hydrogen) atoms. The van der Waals surface area contributed by atoms with Crippen molar-refractivity contribution in [1.29, 1.82) is 0 Å². The molecule has 0 heterocycles. The van der Waals surface area contributed by atoms with Crippen LogP contribution in [0.4, 0.5) is 0 Å². The molecule has 3 fully saturated rings. The van der Waals surface area contributed by atoms with Gasteiger partial charge in [0.25, 0.3) is 0 Å². The Morgan fingerprint density at radius 1 is 0.417 bits per heavy atom. The average Bonchev–Trinajstić information content (AvgIpc) is 2.80. The second-order valence-corrected chi connectivity index (χ2v) is 12.7. The van der Waals surface area contributed by atoms with Gasteiger partial charge in [0.2, 0.25) is 0 Å². The van der Waals surface area contributed by atoms with Crippen molar-refractivity contribution in [3.8, 4) is 0 Å². The van der Waals surface area contributed by atoms with E-state index >= 15 is 0 Å². The zero-order valence-corrected chi connectivity index (χ0v) is 27.9. The summed E-state index contributed by atoms with van der Waals surface area (Å²) in [6, 6.07) is 0. The molecule has 0 aromatic carbocycles. The van der Waals surface area contributed by atoms with Crippen molar-refractivity contribution in [3.05, 3.63) is 0 Å². The Balaban J connectivity index is -0.000000390. The van der Waals surface area contributed by atoms with Crippen LogP contribution in [0.15, 0.2) is 0 Å². The maximum Gasteiger partial charge on any atom is -0.0385 e. The van der Waals surface area contributed by atoms with E-state index in [1.165, 1.54) is 148 Å². The summed E-state index contributed by atoms with van der Waals surface area (Å²) in [4.78, 5) is 0. The molecule has 0 heteroatoms. The van der Waals surface area contributed by atoms with Crippen LogP contribution in [0.3, 0.4) is 0 Å². The summed E-state index contributed by atoms with van der Waals surface area (Å²) in [5.74, 6) is 1.99. The predicted molar refractivity (Wildman–Crippen MR) is 172 cm³/mol. The fourth-order valence-corrected chi connectivity index (χ4v) is 4.91. The minimum atomic E-state index is 0.542. The molecular formula is C36H78. The van der Waals surface area contributed by atoms with Crippen LogP contribution in [-0.2, 0) is 0 Å². The second-order valence-electron chi connectivity index (χ2n) is 12.7. The number of hydrogen-bond donors (Lipinski definition) is 0. The van der Waals surface area contributed by atoms with Gasteiger partial charge >= 0.3 is 0 Å². The zero-order valence-electron chi connectivity index (χ0n) is 27.9. The fourth-order valence-electron chi connectivity index (χ4n) is 4.91. The lowest BCUT2D eigenvalue weighted by Gasteiger charge is -2.20. The Morgan fingerprint density at radius 3 is 0.750 bits per heavy atom. The highest BCUT2D eigenvalue weighted by atomic mass is 14.2. The maximum absolute atomic E-state index is 2.40. The van der Waals surface area contributed by atoms with Crippen LogP contribution in [0.25, 0.3) is 0 Å². The third kappa shape index (κ3) is 38.5. The van der Waals surface area contributed by atoms with Crippen molar-refractivity contribution >= 4 is 0 Å². The van der Waals surface area contributed by atoms with Gasteiger partial charge in [-0.3, -0.25) is 0 Å². The van der Waals surface area contributed by atoms with Gasteiger partial charge in [0.1, 0.15) is 0 Å². The quantitative estimate of drug-likeness (QED) is 0.304. The molecule has 3 rings (SSSR count). The van der Waals surface area contributed by atoms with Crippen LogP contribution in [0, 0.1) is 17.3 Å². The molecule has 2 unspecified atom stereocenters. The van der Waals surface area contributed by atoms with Gasteiger partial charge in [0, 0.05) is 0 Å². The van der Waals surface area contributed by atoms with E-state index in [1.807, 2.05) is 27.7 Å². The van der Waals surface area contributed by atoms with Gasteiger partial charge in [0.15, 0.2) is 0 Å². The summed E-state index contributed by atoms with van der Waals surface area (Å²) in [6.07, 6.45) is 34.1. The van der Waals surface area contributed by atoms with Crippen LogP contribution in [0.2, 0.25) is 0 Å². The first-order valence-corrected chi connectivity index (χ1v) is 17.3. The minimum absolute atomic E-state index is 0.542. The van der Waals surface area contributed by atoms with Gasteiger partial charge < -0.3 is 0 Å². The zero-order chi connectivity index (χ0) is 27.9. The average molecular weight is 511 g/mol. The van der Waals surface area contributed by atoms with Gasteiger partial charge in [-0.15, -0.1) is 0 Å². The van der Waals surface area contributed by atoms with E-state index in [1.54, 1.807) is 0 Å². The number of rotatable bonds is 0. The van der Waals surface area contributed by atoms with E-state index in [0.29, 0.717) is 5.41 Å². The Hall–Kier alpha value is 0. The Kier molecular flexibility index (Phi) is 37.2. The van der Waals surface area contributed by atoms with Crippen molar-refractivity contribution in [1.82, 2.24) is 0 Å². The summed E-state index contributed by atoms with van der Waals surface area (Å²) in [5, 5.41) is 0. The van der Waals surface area contributed by atoms with Crippen molar-refractivity contribution in [2.75, 3.05) is 0 Å². The first kappa shape index (κ1) is 40.5. The normalized spacial score (nSPS) is 23.2. The van der Waals surface area contributed by atoms with Gasteiger partial charge in [0.05, 0.1) is 0 Å². The molecule has 0 aromatic heterocycles. The predicted octanol–water partition coefficient (Wildman–Crippen LogP) is 14.3. The van der Waals surface area contributed by atoms with Crippen molar-refractivity contribution in [3.63, 3.8) is 0 Å². The second kappa shape index (κ2) is 33.0. The molecule has 3 aliphatic rings. The molecule has 0 bridgehead atoms. The Labute approximate surface area is 234 Å². The van der Waals surface area contributed by atoms with Crippen molar-refractivity contribution in [2.45, 2.75) is 217 Å². The smallest absolute Gasteiger partial charge is 0.0385 e. The molecule has 0 spiro atoms. The van der Waals surface area contributed by atoms with E-state index in [0.717, 1.165) is 11.8 Å². The number of hydrogen-bond acceptors (Lipinski definition) is 0. The summed E-state index contributed by atoms with van der Waals surface area (Å²) in [6.45, 7) is 21.7. The SMILES string of the molecule is C1CCCCCCC1.C1CCCCCCC1.CC.CC.CC1CCCCCC(C)C1.CCC(C)(C)C. The van der Waals surface area contributed by atoms with Crippen LogP contribution < -0.4 is 0 Å². The molecule has 0 aromatic rings. The highest BCUT2D eigenvalue weighted by molar-refractivity contribution is 4.64. The molecule has 0 amide bonds. The third-order valence-corrected chi connectivity index (χ3v) is 7.76. The highest BCUT2D eigenvalue weighted by Crippen LogP contribution is 2.25. The monoisotopic (exact) mass is 511 g/mol. The van der Waals surface area contributed by atoms with Crippen LogP contribution in [0.5, 0.6) is 0 Å². The molecule has 0 N–H and O–H groups in total. The Bertz CT molecular complexity index is 276. The molecule has 2 atom stereocenters. The Morgan fingerprint density at radius 2 is 0.583 bits per heavy atom. The van der Waals surface area contributed by atoms with E-state index in [9.17, 15) is 0 Å². The molecule has 3 aliphatic carbocycles. The summed E-state index contributed by atoms with van der Waals surface area (Å²) in [7, 11) is 0. The summed E-state index contributed by atoms with van der Waals surface area (Å²) < 4.78 is 0. The molecule has 3 saturated carbocycles. The van der Waals surface area contributed by atoms with Gasteiger partial charge in [-0.1, -0.05) is 210 Å².